The van der Waals surface area contributed by atoms with Crippen molar-refractivity contribution in [3.8, 4) is 0 Å². The lowest BCUT2D eigenvalue weighted by atomic mass is 9.93. The summed E-state index contributed by atoms with van der Waals surface area (Å²) in [6, 6.07) is 3.44. The highest BCUT2D eigenvalue weighted by Gasteiger charge is 2.24. The summed E-state index contributed by atoms with van der Waals surface area (Å²) in [4.78, 5) is 2.31. The van der Waals surface area contributed by atoms with E-state index >= 15 is 0 Å². The first-order valence-electron chi connectivity index (χ1n) is 6.96. The summed E-state index contributed by atoms with van der Waals surface area (Å²) in [5.74, 6) is 0. The Morgan fingerprint density at radius 3 is 2.33 bits per heavy atom. The third-order valence-corrected chi connectivity index (χ3v) is 4.85. The molecule has 1 aromatic rings. The zero-order chi connectivity index (χ0) is 16.4. The molecule has 120 valence electrons. The normalized spacial score (nSPS) is 12.9. The Labute approximate surface area is 128 Å². The van der Waals surface area contributed by atoms with E-state index < -0.39 is 10.0 Å². The van der Waals surface area contributed by atoms with Crippen molar-refractivity contribution in [2.24, 2.45) is 5.41 Å². The van der Waals surface area contributed by atoms with E-state index in [-0.39, 0.29) is 10.3 Å². The molecular formula is C15H27N3O2S. The van der Waals surface area contributed by atoms with Crippen molar-refractivity contribution in [1.82, 2.24) is 9.62 Å². The summed E-state index contributed by atoms with van der Waals surface area (Å²) in [5, 5.41) is 0. The maximum Gasteiger partial charge on any atom is 0.240 e. The summed E-state index contributed by atoms with van der Waals surface area (Å²) in [6.45, 7) is 8.81. The third kappa shape index (κ3) is 4.98. The fourth-order valence-electron chi connectivity index (χ4n) is 2.41. The molecule has 0 aromatic heterocycles. The average molecular weight is 313 g/mol. The van der Waals surface area contributed by atoms with E-state index in [4.69, 9.17) is 5.73 Å². The first-order valence-corrected chi connectivity index (χ1v) is 8.44. The molecule has 1 aromatic carbocycles. The molecule has 21 heavy (non-hydrogen) atoms. The van der Waals surface area contributed by atoms with Gasteiger partial charge in [0.05, 0.1) is 4.90 Å². The molecule has 0 fully saturated rings. The van der Waals surface area contributed by atoms with Crippen LogP contribution in [0.1, 0.15) is 25.0 Å². The van der Waals surface area contributed by atoms with Crippen molar-refractivity contribution in [1.29, 1.82) is 0 Å². The van der Waals surface area contributed by atoms with Gasteiger partial charge in [-0.15, -0.1) is 0 Å². The van der Waals surface area contributed by atoms with E-state index in [0.717, 1.165) is 12.1 Å². The highest BCUT2D eigenvalue weighted by Crippen LogP contribution is 2.24. The number of nitrogens with two attached hydrogens (primary N) is 1. The van der Waals surface area contributed by atoms with Gasteiger partial charge in [-0.05, 0) is 56.6 Å². The van der Waals surface area contributed by atoms with Crippen LogP contribution in [0.25, 0.3) is 0 Å². The van der Waals surface area contributed by atoms with Gasteiger partial charge in [-0.1, -0.05) is 13.8 Å². The van der Waals surface area contributed by atoms with E-state index in [1.54, 1.807) is 19.1 Å². The topological polar surface area (TPSA) is 75.4 Å². The van der Waals surface area contributed by atoms with Gasteiger partial charge in [0.1, 0.15) is 0 Å². The number of benzene rings is 1. The Hall–Kier alpha value is -1.11. The summed E-state index contributed by atoms with van der Waals surface area (Å²) in [7, 11) is 0.394. The van der Waals surface area contributed by atoms with Gasteiger partial charge >= 0.3 is 0 Å². The number of rotatable bonds is 6. The monoisotopic (exact) mass is 313 g/mol. The summed E-state index contributed by atoms with van der Waals surface area (Å²) >= 11 is 0. The van der Waals surface area contributed by atoms with Crippen LogP contribution in [0, 0.1) is 19.3 Å². The molecule has 0 amide bonds. The lowest BCUT2D eigenvalue weighted by Gasteiger charge is -2.28. The van der Waals surface area contributed by atoms with Crippen molar-refractivity contribution in [3.63, 3.8) is 0 Å². The van der Waals surface area contributed by atoms with Crippen LogP contribution in [0.3, 0.4) is 0 Å². The molecule has 0 aliphatic carbocycles. The largest absolute Gasteiger partial charge is 0.398 e. The third-order valence-electron chi connectivity index (χ3n) is 3.32. The summed E-state index contributed by atoms with van der Waals surface area (Å²) < 4.78 is 27.7. The Morgan fingerprint density at radius 2 is 1.81 bits per heavy atom. The molecular weight excluding hydrogens is 286 g/mol. The van der Waals surface area contributed by atoms with Crippen LogP contribution >= 0.6 is 0 Å². The molecule has 0 bridgehead atoms. The number of aryl methyl sites for hydroxylation is 1. The average Bonchev–Trinajstić information content (AvgIpc) is 2.30. The van der Waals surface area contributed by atoms with Crippen molar-refractivity contribution in [2.45, 2.75) is 32.6 Å². The number of nitrogens with one attached hydrogen (secondary N) is 1. The Balaban J connectivity index is 2.98. The Bertz CT molecular complexity index is 608. The minimum absolute atomic E-state index is 0.153. The molecule has 1 rings (SSSR count). The van der Waals surface area contributed by atoms with Gasteiger partial charge in [0.15, 0.2) is 0 Å². The van der Waals surface area contributed by atoms with Gasteiger partial charge in [-0.3, -0.25) is 0 Å². The lowest BCUT2D eigenvalue weighted by molar-refractivity contribution is 0.242. The van der Waals surface area contributed by atoms with Gasteiger partial charge in [0.25, 0.3) is 0 Å². The number of sulfonamides is 1. The fraction of sp³-hybridized carbons (Fsp3) is 0.600. The predicted octanol–water partition coefficient (Wildman–Crippen LogP) is 1.75. The summed E-state index contributed by atoms with van der Waals surface area (Å²) in [6.07, 6.45) is 0. The van der Waals surface area contributed by atoms with Gasteiger partial charge < -0.3 is 10.6 Å². The van der Waals surface area contributed by atoms with E-state index in [2.05, 4.69) is 4.72 Å². The second-order valence-corrected chi connectivity index (χ2v) is 8.44. The molecule has 0 saturated carbocycles. The van der Waals surface area contributed by atoms with E-state index in [1.807, 2.05) is 39.8 Å². The van der Waals surface area contributed by atoms with Crippen molar-refractivity contribution in [3.05, 3.63) is 23.3 Å². The van der Waals surface area contributed by atoms with Gasteiger partial charge in [-0.25, -0.2) is 13.1 Å². The van der Waals surface area contributed by atoms with Crippen molar-refractivity contribution < 1.29 is 8.42 Å². The minimum Gasteiger partial charge on any atom is -0.398 e. The van der Waals surface area contributed by atoms with Crippen LogP contribution in [-0.2, 0) is 10.0 Å². The Morgan fingerprint density at radius 1 is 1.24 bits per heavy atom. The van der Waals surface area contributed by atoms with Crippen LogP contribution in [0.15, 0.2) is 17.0 Å². The quantitative estimate of drug-likeness (QED) is 0.785. The standard InChI is InChI=1S/C15H27N3O2S/c1-11-7-13(16)12(2)14(8-11)21(19,20)17-9-15(3,4)10-18(5)6/h7-8,17H,9-10,16H2,1-6H3. The molecule has 0 saturated heterocycles. The zero-order valence-electron chi connectivity index (χ0n) is 13.8. The van der Waals surface area contributed by atoms with Crippen molar-refractivity contribution in [2.75, 3.05) is 32.9 Å². The van der Waals surface area contributed by atoms with Gasteiger partial charge in [-0.2, -0.15) is 0 Å². The Kier molecular flexibility index (Phi) is 5.41. The highest BCUT2D eigenvalue weighted by atomic mass is 32.2. The second kappa shape index (κ2) is 6.34. The SMILES string of the molecule is Cc1cc(N)c(C)c(S(=O)(=O)NCC(C)(C)CN(C)C)c1. The molecule has 0 aliphatic heterocycles. The maximum absolute atomic E-state index is 12.5. The zero-order valence-corrected chi connectivity index (χ0v) is 14.6. The highest BCUT2D eigenvalue weighted by molar-refractivity contribution is 7.89. The molecule has 0 radical (unpaired) electrons. The minimum atomic E-state index is -3.55. The van der Waals surface area contributed by atoms with Crippen LogP contribution in [0.2, 0.25) is 0 Å². The second-order valence-electron chi connectivity index (χ2n) is 6.70. The first kappa shape index (κ1) is 17.9. The van der Waals surface area contributed by atoms with Crippen molar-refractivity contribution >= 4 is 15.7 Å². The molecule has 6 heteroatoms. The smallest absolute Gasteiger partial charge is 0.240 e. The molecule has 0 atom stereocenters. The lowest BCUT2D eigenvalue weighted by Crippen LogP contribution is -2.40. The van der Waals surface area contributed by atoms with E-state index in [1.165, 1.54) is 0 Å². The first-order chi connectivity index (χ1) is 9.44. The van der Waals surface area contributed by atoms with Crippen LogP contribution in [-0.4, -0.2) is 40.5 Å². The van der Waals surface area contributed by atoms with E-state index in [9.17, 15) is 8.42 Å². The van der Waals surface area contributed by atoms with Gasteiger partial charge in [0, 0.05) is 18.8 Å². The predicted molar refractivity (Wildman–Crippen MR) is 87.9 cm³/mol. The molecule has 3 N–H and O–H groups in total. The number of hydrogen-bond acceptors (Lipinski definition) is 4. The van der Waals surface area contributed by atoms with E-state index in [0.29, 0.717) is 17.8 Å². The molecule has 0 spiro atoms. The number of hydrogen-bond donors (Lipinski definition) is 2. The number of nitrogen functional groups attached to an aromatic ring is 1. The van der Waals surface area contributed by atoms with Crippen LogP contribution in [0.4, 0.5) is 5.69 Å². The van der Waals surface area contributed by atoms with Gasteiger partial charge in [0.2, 0.25) is 10.0 Å². The van der Waals surface area contributed by atoms with Crippen LogP contribution in [0.5, 0.6) is 0 Å². The fourth-order valence-corrected chi connectivity index (χ4v) is 4.01. The molecule has 5 nitrogen and oxygen atoms in total. The number of anilines is 1. The molecule has 0 unspecified atom stereocenters. The molecule has 0 aliphatic rings. The van der Waals surface area contributed by atoms with Crippen LogP contribution < -0.4 is 10.5 Å². The molecule has 0 heterocycles. The summed E-state index contributed by atoms with van der Waals surface area (Å²) in [5.41, 5.74) is 7.65. The number of nitrogens with zero attached hydrogens (tertiary/aromatic N) is 1. The maximum atomic E-state index is 12.5.